The Bertz CT molecular complexity index is 605. The van der Waals surface area contributed by atoms with Crippen molar-refractivity contribution in [2.75, 3.05) is 33.0 Å². The number of nitrogens with zero attached hydrogens (tertiary/aromatic N) is 2. The summed E-state index contributed by atoms with van der Waals surface area (Å²) in [5.74, 6) is 1.71. The van der Waals surface area contributed by atoms with Crippen molar-refractivity contribution in [2.45, 2.75) is 6.10 Å². The first-order valence-electron chi connectivity index (χ1n) is 6.41. The van der Waals surface area contributed by atoms with Crippen LogP contribution >= 0.6 is 0 Å². The molecular weight excluding hydrogens is 258 g/mol. The first-order valence-corrected chi connectivity index (χ1v) is 6.41. The largest absolute Gasteiger partial charge is 0.493 e. The molecule has 1 fully saturated rings. The lowest BCUT2D eigenvalue weighted by molar-refractivity contribution is 0.0370. The number of anilines is 1. The molecule has 1 saturated heterocycles. The van der Waals surface area contributed by atoms with E-state index in [-0.39, 0.29) is 6.10 Å². The van der Waals surface area contributed by atoms with Crippen LogP contribution in [0.2, 0.25) is 0 Å². The summed E-state index contributed by atoms with van der Waals surface area (Å²) in [6.07, 6.45) is 1.81. The Balaban J connectivity index is 1.84. The van der Waals surface area contributed by atoms with Crippen LogP contribution in [0.4, 0.5) is 5.88 Å². The summed E-state index contributed by atoms with van der Waals surface area (Å²) in [4.78, 5) is 2.20. The zero-order valence-corrected chi connectivity index (χ0v) is 11.5. The van der Waals surface area contributed by atoms with Gasteiger partial charge in [-0.1, -0.05) is 11.2 Å². The molecule has 0 aliphatic carbocycles. The van der Waals surface area contributed by atoms with E-state index in [1.807, 2.05) is 18.2 Å². The van der Waals surface area contributed by atoms with Gasteiger partial charge in [0.25, 0.3) is 0 Å². The van der Waals surface area contributed by atoms with Crippen LogP contribution in [-0.4, -0.2) is 43.4 Å². The molecule has 6 heteroatoms. The SMILES string of the molecule is COc1cc(-c2cnoc2N)ccc1OC1CN(C)C1. The number of rotatable bonds is 4. The fourth-order valence-corrected chi connectivity index (χ4v) is 2.29. The summed E-state index contributed by atoms with van der Waals surface area (Å²) in [5, 5.41) is 3.68. The minimum atomic E-state index is 0.223. The average molecular weight is 275 g/mol. The standard InChI is InChI=1S/C14H17N3O3/c1-17-7-10(8-17)19-12-4-3-9(5-13(12)18-2)11-6-16-20-14(11)15/h3-6,10H,7-8,15H2,1-2H3. The maximum absolute atomic E-state index is 5.91. The number of benzene rings is 1. The zero-order valence-electron chi connectivity index (χ0n) is 11.5. The lowest BCUT2D eigenvalue weighted by Gasteiger charge is -2.36. The van der Waals surface area contributed by atoms with Crippen molar-refractivity contribution in [1.82, 2.24) is 10.1 Å². The predicted octanol–water partition coefficient (Wildman–Crippen LogP) is 1.63. The molecule has 106 valence electrons. The molecule has 3 rings (SSSR count). The topological polar surface area (TPSA) is 73.8 Å². The quantitative estimate of drug-likeness (QED) is 0.914. The lowest BCUT2D eigenvalue weighted by atomic mass is 10.1. The van der Waals surface area contributed by atoms with Gasteiger partial charge in [0.15, 0.2) is 11.5 Å². The van der Waals surface area contributed by atoms with E-state index in [9.17, 15) is 0 Å². The van der Waals surface area contributed by atoms with Crippen molar-refractivity contribution in [1.29, 1.82) is 0 Å². The molecule has 0 saturated carbocycles. The third-order valence-electron chi connectivity index (χ3n) is 3.40. The number of aromatic nitrogens is 1. The number of hydrogen-bond donors (Lipinski definition) is 1. The molecule has 1 aliphatic heterocycles. The van der Waals surface area contributed by atoms with Crippen molar-refractivity contribution < 1.29 is 14.0 Å². The van der Waals surface area contributed by atoms with E-state index in [1.54, 1.807) is 13.3 Å². The van der Waals surface area contributed by atoms with E-state index >= 15 is 0 Å². The normalized spacial score (nSPS) is 15.9. The van der Waals surface area contributed by atoms with Gasteiger partial charge in [-0.15, -0.1) is 0 Å². The van der Waals surface area contributed by atoms with Gasteiger partial charge in [-0.25, -0.2) is 0 Å². The number of nitrogen functional groups attached to an aromatic ring is 1. The molecule has 0 radical (unpaired) electrons. The van der Waals surface area contributed by atoms with Crippen molar-refractivity contribution in [3.05, 3.63) is 24.4 Å². The molecule has 0 amide bonds. The highest BCUT2D eigenvalue weighted by atomic mass is 16.5. The monoisotopic (exact) mass is 275 g/mol. The molecule has 2 aromatic rings. The van der Waals surface area contributed by atoms with Crippen LogP contribution < -0.4 is 15.2 Å². The summed E-state index contributed by atoms with van der Waals surface area (Å²) in [6, 6.07) is 5.68. The maximum Gasteiger partial charge on any atom is 0.229 e. The smallest absolute Gasteiger partial charge is 0.229 e. The molecule has 0 unspecified atom stereocenters. The van der Waals surface area contributed by atoms with Crippen LogP contribution in [0.3, 0.4) is 0 Å². The fourth-order valence-electron chi connectivity index (χ4n) is 2.29. The molecule has 1 aromatic carbocycles. The highest BCUT2D eigenvalue weighted by molar-refractivity contribution is 5.74. The van der Waals surface area contributed by atoms with E-state index in [2.05, 4.69) is 17.1 Å². The first-order chi connectivity index (χ1) is 9.67. The fraction of sp³-hybridized carbons (Fsp3) is 0.357. The second kappa shape index (κ2) is 5.05. The Morgan fingerprint density at radius 1 is 1.35 bits per heavy atom. The van der Waals surface area contributed by atoms with Gasteiger partial charge in [0.05, 0.1) is 18.9 Å². The van der Waals surface area contributed by atoms with E-state index in [4.69, 9.17) is 19.7 Å². The minimum absolute atomic E-state index is 0.223. The highest BCUT2D eigenvalue weighted by Crippen LogP contribution is 2.35. The molecular formula is C14H17N3O3. The summed E-state index contributed by atoms with van der Waals surface area (Å²) in [6.45, 7) is 1.87. The molecule has 1 aromatic heterocycles. The van der Waals surface area contributed by atoms with E-state index in [1.165, 1.54) is 0 Å². The number of nitrogens with two attached hydrogens (primary N) is 1. The van der Waals surface area contributed by atoms with Gasteiger partial charge in [-0.05, 0) is 24.7 Å². The number of likely N-dealkylation sites (tertiary alicyclic amines) is 1. The molecule has 20 heavy (non-hydrogen) atoms. The van der Waals surface area contributed by atoms with Crippen molar-refractivity contribution in [3.63, 3.8) is 0 Å². The van der Waals surface area contributed by atoms with Gasteiger partial charge in [-0.2, -0.15) is 0 Å². The summed E-state index contributed by atoms with van der Waals surface area (Å²) >= 11 is 0. The van der Waals surface area contributed by atoms with Gasteiger partial charge < -0.3 is 19.7 Å². The predicted molar refractivity (Wildman–Crippen MR) is 74.8 cm³/mol. The molecule has 6 nitrogen and oxygen atoms in total. The van der Waals surface area contributed by atoms with Gasteiger partial charge in [0.1, 0.15) is 6.10 Å². The van der Waals surface area contributed by atoms with Gasteiger partial charge in [0, 0.05) is 13.1 Å². The van der Waals surface area contributed by atoms with Crippen LogP contribution in [0.25, 0.3) is 11.1 Å². The molecule has 1 aliphatic rings. The van der Waals surface area contributed by atoms with Crippen molar-refractivity contribution in [2.24, 2.45) is 0 Å². The van der Waals surface area contributed by atoms with Crippen molar-refractivity contribution >= 4 is 5.88 Å². The van der Waals surface area contributed by atoms with Crippen LogP contribution in [0.15, 0.2) is 28.9 Å². The van der Waals surface area contributed by atoms with Crippen LogP contribution in [0, 0.1) is 0 Å². The summed E-state index contributed by atoms with van der Waals surface area (Å²) in [5.41, 5.74) is 7.36. The second-order valence-electron chi connectivity index (χ2n) is 4.93. The van der Waals surface area contributed by atoms with Gasteiger partial charge in [-0.3, -0.25) is 4.90 Å². The molecule has 0 spiro atoms. The maximum atomic E-state index is 5.91. The van der Waals surface area contributed by atoms with E-state index < -0.39 is 0 Å². The third kappa shape index (κ3) is 2.30. The van der Waals surface area contributed by atoms with Crippen molar-refractivity contribution in [3.8, 4) is 22.6 Å². The number of hydrogen-bond acceptors (Lipinski definition) is 6. The van der Waals surface area contributed by atoms with Crippen LogP contribution in [0.5, 0.6) is 11.5 Å². The Labute approximate surface area is 117 Å². The van der Waals surface area contributed by atoms with Crippen LogP contribution in [0.1, 0.15) is 0 Å². The molecule has 2 N–H and O–H groups in total. The summed E-state index contributed by atoms with van der Waals surface area (Å²) < 4.78 is 16.2. The van der Waals surface area contributed by atoms with Gasteiger partial charge >= 0.3 is 0 Å². The van der Waals surface area contributed by atoms with E-state index in [0.29, 0.717) is 11.6 Å². The Hall–Kier alpha value is -2.21. The Morgan fingerprint density at radius 3 is 2.75 bits per heavy atom. The Kier molecular flexibility index (Phi) is 3.23. The van der Waals surface area contributed by atoms with Crippen LogP contribution in [-0.2, 0) is 0 Å². The minimum Gasteiger partial charge on any atom is -0.493 e. The number of methoxy groups -OCH3 is 1. The number of ether oxygens (including phenoxy) is 2. The highest BCUT2D eigenvalue weighted by Gasteiger charge is 2.26. The average Bonchev–Trinajstić information content (AvgIpc) is 2.83. The zero-order chi connectivity index (χ0) is 14.1. The molecule has 2 heterocycles. The van der Waals surface area contributed by atoms with E-state index in [0.717, 1.165) is 30.0 Å². The first kappa shape index (κ1) is 12.8. The lowest BCUT2D eigenvalue weighted by Crippen LogP contribution is -2.51. The molecule has 0 bridgehead atoms. The third-order valence-corrected chi connectivity index (χ3v) is 3.40. The Morgan fingerprint density at radius 2 is 2.15 bits per heavy atom. The van der Waals surface area contributed by atoms with Gasteiger partial charge in [0.2, 0.25) is 5.88 Å². The second-order valence-corrected chi connectivity index (χ2v) is 4.93. The number of likely N-dealkylation sites (N-methyl/N-ethyl adjacent to an activating group) is 1. The molecule has 0 atom stereocenters. The summed E-state index contributed by atoms with van der Waals surface area (Å²) in [7, 11) is 3.69.